The number of hydrogen-bond donors (Lipinski definition) is 1. The number of thiocarbonyl (C=S) groups is 1. The first-order valence-corrected chi connectivity index (χ1v) is 8.15. The van der Waals surface area contributed by atoms with Crippen LogP contribution in [0.15, 0.2) is 9.59 Å². The van der Waals surface area contributed by atoms with Crippen molar-refractivity contribution in [2.75, 3.05) is 24.6 Å². The van der Waals surface area contributed by atoms with E-state index in [4.69, 9.17) is 18.0 Å². The first kappa shape index (κ1) is 18.4. The monoisotopic (exact) mass is 344 g/mol. The Kier molecular flexibility index (Phi) is 6.36. The molecule has 22 heavy (non-hydrogen) atoms. The van der Waals surface area contributed by atoms with Gasteiger partial charge in [-0.25, -0.2) is 4.79 Å². The van der Waals surface area contributed by atoms with E-state index in [-0.39, 0.29) is 17.1 Å². The van der Waals surface area contributed by atoms with Crippen LogP contribution < -0.4 is 17.0 Å². The zero-order valence-electron chi connectivity index (χ0n) is 13.1. The molecule has 0 radical (unpaired) electrons. The molecule has 0 atom stereocenters. The van der Waals surface area contributed by atoms with Crippen molar-refractivity contribution in [2.45, 2.75) is 13.8 Å². The van der Waals surface area contributed by atoms with Gasteiger partial charge in [-0.2, -0.15) is 0 Å². The zero-order valence-corrected chi connectivity index (χ0v) is 14.7. The number of nitrogens with zero attached hydrogens (tertiary/aromatic N) is 3. The maximum absolute atomic E-state index is 12.3. The zero-order chi connectivity index (χ0) is 17.0. The summed E-state index contributed by atoms with van der Waals surface area (Å²) in [6, 6.07) is 0. The summed E-state index contributed by atoms with van der Waals surface area (Å²) in [6.07, 6.45) is 0. The van der Waals surface area contributed by atoms with Crippen LogP contribution in [0.5, 0.6) is 0 Å². The topological polar surface area (TPSA) is 90.3 Å². The van der Waals surface area contributed by atoms with Crippen LogP contribution in [0.3, 0.4) is 0 Å². The second-order valence-electron chi connectivity index (χ2n) is 4.62. The standard InChI is InChI=1S/C13H20N4O3S2/c1-5-17(6-2)13(21)22-7-8(18)9-10(14)15(3)12(20)16(4)11(9)19/h5-7,14H2,1-4H3. The first-order chi connectivity index (χ1) is 10.3. The lowest BCUT2D eigenvalue weighted by Crippen LogP contribution is -2.42. The van der Waals surface area contributed by atoms with E-state index in [9.17, 15) is 14.4 Å². The fourth-order valence-electron chi connectivity index (χ4n) is 1.89. The molecule has 0 bridgehead atoms. The van der Waals surface area contributed by atoms with Gasteiger partial charge in [-0.05, 0) is 13.8 Å². The molecule has 0 saturated heterocycles. The number of rotatable bonds is 5. The van der Waals surface area contributed by atoms with Crippen LogP contribution in [0.25, 0.3) is 0 Å². The van der Waals surface area contributed by atoms with E-state index in [1.54, 1.807) is 0 Å². The second kappa shape index (κ2) is 7.59. The smallest absolute Gasteiger partial charge is 0.332 e. The third kappa shape index (κ3) is 3.58. The molecule has 1 rings (SSSR count). The number of thioether (sulfide) groups is 1. The Labute approximate surface area is 138 Å². The molecule has 0 aliphatic heterocycles. The van der Waals surface area contributed by atoms with E-state index in [0.29, 0.717) is 4.32 Å². The van der Waals surface area contributed by atoms with Crippen LogP contribution >= 0.6 is 24.0 Å². The molecule has 2 N–H and O–H groups in total. The highest BCUT2D eigenvalue weighted by molar-refractivity contribution is 8.23. The molecule has 9 heteroatoms. The molecule has 0 fully saturated rings. The van der Waals surface area contributed by atoms with Gasteiger partial charge in [0.15, 0.2) is 5.78 Å². The highest BCUT2D eigenvalue weighted by Crippen LogP contribution is 2.13. The third-order valence-electron chi connectivity index (χ3n) is 3.34. The van der Waals surface area contributed by atoms with Crippen molar-refractivity contribution in [1.29, 1.82) is 0 Å². The number of Topliss-reactive ketones (excluding diaryl/α,β-unsaturated/α-hetero) is 1. The molecule has 0 spiro atoms. The largest absolute Gasteiger partial charge is 0.384 e. The van der Waals surface area contributed by atoms with Crippen LogP contribution in [-0.4, -0.2) is 43.0 Å². The number of nitrogens with two attached hydrogens (primary N) is 1. The van der Waals surface area contributed by atoms with Crippen LogP contribution in [0.2, 0.25) is 0 Å². The molecular weight excluding hydrogens is 324 g/mol. The highest BCUT2D eigenvalue weighted by atomic mass is 32.2. The number of nitrogen functional groups attached to an aromatic ring is 1. The minimum absolute atomic E-state index is 0.00692. The summed E-state index contributed by atoms with van der Waals surface area (Å²) in [5.41, 5.74) is 4.34. The Morgan fingerprint density at radius 3 is 2.27 bits per heavy atom. The molecule has 1 aromatic rings. The minimum atomic E-state index is -0.681. The molecule has 7 nitrogen and oxygen atoms in total. The Morgan fingerprint density at radius 1 is 1.23 bits per heavy atom. The van der Waals surface area contributed by atoms with Gasteiger partial charge in [0, 0.05) is 27.2 Å². The van der Waals surface area contributed by atoms with E-state index < -0.39 is 17.0 Å². The lowest BCUT2D eigenvalue weighted by molar-refractivity contribution is 0.102. The van der Waals surface area contributed by atoms with Gasteiger partial charge in [-0.15, -0.1) is 0 Å². The molecule has 0 aliphatic carbocycles. The number of carbonyl (C=O) groups is 1. The molecule has 0 aromatic carbocycles. The van der Waals surface area contributed by atoms with E-state index >= 15 is 0 Å². The molecule has 0 aliphatic rings. The summed E-state index contributed by atoms with van der Waals surface area (Å²) in [6.45, 7) is 5.44. The SMILES string of the molecule is CCN(CC)C(=S)SCC(=O)c1c(N)n(C)c(=O)n(C)c1=O. The number of aromatic nitrogens is 2. The van der Waals surface area contributed by atoms with Crippen molar-refractivity contribution >= 4 is 39.9 Å². The van der Waals surface area contributed by atoms with Crippen LogP contribution in [0.1, 0.15) is 24.2 Å². The van der Waals surface area contributed by atoms with Crippen LogP contribution in [0.4, 0.5) is 5.82 Å². The fourth-order valence-corrected chi connectivity index (χ4v) is 3.17. The minimum Gasteiger partial charge on any atom is -0.384 e. The fraction of sp³-hybridized carbons (Fsp3) is 0.538. The van der Waals surface area contributed by atoms with E-state index in [2.05, 4.69) is 0 Å². The van der Waals surface area contributed by atoms with Gasteiger partial charge in [0.05, 0.1) is 5.75 Å². The Hall–Kier alpha value is -1.61. The van der Waals surface area contributed by atoms with Gasteiger partial charge < -0.3 is 10.6 Å². The molecular formula is C13H20N4O3S2. The predicted molar refractivity (Wildman–Crippen MR) is 93.6 cm³/mol. The average molecular weight is 344 g/mol. The van der Waals surface area contributed by atoms with Crippen LogP contribution in [-0.2, 0) is 14.1 Å². The van der Waals surface area contributed by atoms with Crippen molar-refractivity contribution in [3.05, 3.63) is 26.4 Å². The predicted octanol–water partition coefficient (Wildman–Crippen LogP) is 0.209. The molecule has 0 unspecified atom stereocenters. The first-order valence-electron chi connectivity index (χ1n) is 6.76. The van der Waals surface area contributed by atoms with Gasteiger partial charge in [0.1, 0.15) is 15.7 Å². The highest BCUT2D eigenvalue weighted by Gasteiger charge is 2.21. The normalized spacial score (nSPS) is 10.5. The van der Waals surface area contributed by atoms with Crippen molar-refractivity contribution in [3.63, 3.8) is 0 Å². The molecule has 1 aromatic heterocycles. The van der Waals surface area contributed by atoms with E-state index in [1.807, 2.05) is 18.7 Å². The van der Waals surface area contributed by atoms with Gasteiger partial charge in [0.2, 0.25) is 0 Å². The Balaban J connectivity index is 3.04. The summed E-state index contributed by atoms with van der Waals surface area (Å²) < 4.78 is 2.55. The van der Waals surface area contributed by atoms with Gasteiger partial charge in [0.25, 0.3) is 5.56 Å². The Morgan fingerprint density at radius 2 is 1.77 bits per heavy atom. The molecule has 0 saturated carbocycles. The average Bonchev–Trinajstić information content (AvgIpc) is 2.50. The van der Waals surface area contributed by atoms with Crippen molar-refractivity contribution < 1.29 is 4.79 Å². The van der Waals surface area contributed by atoms with Crippen LogP contribution in [0, 0.1) is 0 Å². The Bertz CT molecular complexity index is 704. The quantitative estimate of drug-likeness (QED) is 0.603. The maximum Gasteiger partial charge on any atom is 0.332 e. The van der Waals surface area contributed by atoms with Gasteiger partial charge in [-0.3, -0.25) is 18.7 Å². The van der Waals surface area contributed by atoms with Gasteiger partial charge in [-0.1, -0.05) is 24.0 Å². The van der Waals surface area contributed by atoms with E-state index in [1.165, 1.54) is 25.9 Å². The lowest BCUT2D eigenvalue weighted by Gasteiger charge is -2.20. The van der Waals surface area contributed by atoms with E-state index in [0.717, 1.165) is 22.2 Å². The summed E-state index contributed by atoms with van der Waals surface area (Å²) in [5.74, 6) is -0.548. The van der Waals surface area contributed by atoms with Crippen molar-refractivity contribution in [1.82, 2.24) is 14.0 Å². The van der Waals surface area contributed by atoms with Crippen molar-refractivity contribution in [3.8, 4) is 0 Å². The maximum atomic E-state index is 12.3. The molecule has 0 amide bonds. The summed E-state index contributed by atoms with van der Waals surface area (Å²) in [4.78, 5) is 38.0. The molecule has 122 valence electrons. The number of anilines is 1. The number of hydrogen-bond acceptors (Lipinski definition) is 6. The second-order valence-corrected chi connectivity index (χ2v) is 6.23. The summed E-state index contributed by atoms with van der Waals surface area (Å²) >= 11 is 6.43. The van der Waals surface area contributed by atoms with Crippen molar-refractivity contribution in [2.24, 2.45) is 14.1 Å². The summed E-state index contributed by atoms with van der Waals surface area (Å²) in [7, 11) is 2.73. The third-order valence-corrected chi connectivity index (χ3v) is 4.86. The summed E-state index contributed by atoms with van der Waals surface area (Å²) in [5, 5.41) is 0. The lowest BCUT2D eigenvalue weighted by atomic mass is 10.2. The number of ketones is 1. The molecule has 1 heterocycles. The number of carbonyl (C=O) groups excluding carboxylic acids is 1. The van der Waals surface area contributed by atoms with Gasteiger partial charge >= 0.3 is 5.69 Å².